The predicted octanol–water partition coefficient (Wildman–Crippen LogP) is 4.08. The van der Waals surface area contributed by atoms with Crippen molar-refractivity contribution in [2.75, 3.05) is 0 Å². The number of aryl methyl sites for hydroxylation is 1. The molecule has 2 aromatic carbocycles. The van der Waals surface area contributed by atoms with E-state index in [1.165, 1.54) is 12.1 Å². The molecule has 0 unspecified atom stereocenters. The van der Waals surface area contributed by atoms with E-state index in [0.29, 0.717) is 11.1 Å². The molecule has 0 aliphatic rings. The smallest absolute Gasteiger partial charge is 0.131 e. The fourth-order valence-electron chi connectivity index (χ4n) is 1.48. The van der Waals surface area contributed by atoms with Crippen molar-refractivity contribution in [1.29, 1.82) is 0 Å². The van der Waals surface area contributed by atoms with E-state index in [0.717, 1.165) is 18.2 Å². The van der Waals surface area contributed by atoms with Crippen LogP contribution in [0.15, 0.2) is 36.4 Å². The summed E-state index contributed by atoms with van der Waals surface area (Å²) in [6, 6.07) is 7.42. The second-order valence-corrected chi connectivity index (χ2v) is 3.59. The summed E-state index contributed by atoms with van der Waals surface area (Å²) >= 11 is 0. The first-order valence-electron chi connectivity index (χ1n) is 4.79. The zero-order valence-electron chi connectivity index (χ0n) is 8.60. The highest BCUT2D eigenvalue weighted by atomic mass is 19.1. The predicted molar refractivity (Wildman–Crippen MR) is 56.5 cm³/mol. The quantitative estimate of drug-likeness (QED) is 0.682. The average Bonchev–Trinajstić information content (AvgIpc) is 2.26. The third-order valence-corrected chi connectivity index (χ3v) is 2.41. The van der Waals surface area contributed by atoms with E-state index >= 15 is 0 Å². The van der Waals surface area contributed by atoms with Gasteiger partial charge in [0.15, 0.2) is 0 Å². The molecule has 0 nitrogen and oxygen atoms in total. The Bertz CT molecular complexity index is 533. The molecule has 0 N–H and O–H groups in total. The van der Waals surface area contributed by atoms with Crippen LogP contribution in [0.1, 0.15) is 5.56 Å². The summed E-state index contributed by atoms with van der Waals surface area (Å²) in [6.07, 6.45) is 0. The summed E-state index contributed by atoms with van der Waals surface area (Å²) in [7, 11) is 0. The van der Waals surface area contributed by atoms with Gasteiger partial charge in [-0.25, -0.2) is 13.2 Å². The second kappa shape index (κ2) is 4.00. The molecule has 3 heteroatoms. The van der Waals surface area contributed by atoms with Crippen molar-refractivity contribution in [3.8, 4) is 11.1 Å². The third kappa shape index (κ3) is 1.94. The van der Waals surface area contributed by atoms with Gasteiger partial charge in [-0.3, -0.25) is 0 Å². The van der Waals surface area contributed by atoms with E-state index in [1.807, 2.05) is 0 Å². The number of rotatable bonds is 1. The lowest BCUT2D eigenvalue weighted by molar-refractivity contribution is 0.602. The van der Waals surface area contributed by atoms with Crippen LogP contribution >= 0.6 is 0 Å². The van der Waals surface area contributed by atoms with Gasteiger partial charge in [0.05, 0.1) is 0 Å². The molecule has 0 fully saturated rings. The molecule has 0 aliphatic heterocycles. The maximum Gasteiger partial charge on any atom is 0.131 e. The van der Waals surface area contributed by atoms with Crippen LogP contribution in [0.4, 0.5) is 13.2 Å². The van der Waals surface area contributed by atoms with E-state index in [4.69, 9.17) is 0 Å². The van der Waals surface area contributed by atoms with Gasteiger partial charge in [0.1, 0.15) is 17.5 Å². The van der Waals surface area contributed by atoms with Gasteiger partial charge in [-0.2, -0.15) is 0 Å². The lowest BCUT2D eigenvalue weighted by atomic mass is 10.0. The minimum absolute atomic E-state index is 0.0684. The lowest BCUT2D eigenvalue weighted by Gasteiger charge is -2.05. The molecule has 0 saturated carbocycles. The fourth-order valence-corrected chi connectivity index (χ4v) is 1.48. The van der Waals surface area contributed by atoms with Crippen molar-refractivity contribution < 1.29 is 13.2 Å². The molecule has 2 aromatic rings. The van der Waals surface area contributed by atoms with Gasteiger partial charge in [-0.05, 0) is 42.3 Å². The van der Waals surface area contributed by atoms with E-state index < -0.39 is 17.5 Å². The van der Waals surface area contributed by atoms with Crippen LogP contribution in [0.25, 0.3) is 11.1 Å². The molecule has 0 atom stereocenters. The van der Waals surface area contributed by atoms with Crippen LogP contribution < -0.4 is 0 Å². The zero-order valence-corrected chi connectivity index (χ0v) is 8.60. The Hall–Kier alpha value is -1.77. The van der Waals surface area contributed by atoms with Gasteiger partial charge in [-0.15, -0.1) is 0 Å². The van der Waals surface area contributed by atoms with Crippen LogP contribution in [0.5, 0.6) is 0 Å². The largest absolute Gasteiger partial charge is 0.207 e. The molecule has 0 aromatic heterocycles. The highest BCUT2D eigenvalue weighted by molar-refractivity contribution is 5.64. The molecule has 0 aliphatic carbocycles. The molecule has 82 valence electrons. The van der Waals surface area contributed by atoms with Crippen molar-refractivity contribution in [2.45, 2.75) is 6.92 Å². The summed E-state index contributed by atoms with van der Waals surface area (Å²) in [4.78, 5) is 0. The van der Waals surface area contributed by atoms with Crippen LogP contribution in [-0.4, -0.2) is 0 Å². The highest BCUT2D eigenvalue weighted by Crippen LogP contribution is 2.25. The summed E-state index contributed by atoms with van der Waals surface area (Å²) in [6.45, 7) is 1.61. The zero-order chi connectivity index (χ0) is 11.7. The maximum absolute atomic E-state index is 13.4. The lowest BCUT2D eigenvalue weighted by Crippen LogP contribution is -1.89. The molecular weight excluding hydrogens is 213 g/mol. The minimum atomic E-state index is -0.565. The van der Waals surface area contributed by atoms with E-state index in [2.05, 4.69) is 0 Å². The van der Waals surface area contributed by atoms with Crippen LogP contribution in [0.3, 0.4) is 0 Å². The van der Waals surface area contributed by atoms with Gasteiger partial charge >= 0.3 is 0 Å². The Kier molecular flexibility index (Phi) is 2.69. The highest BCUT2D eigenvalue weighted by Gasteiger charge is 2.08. The summed E-state index contributed by atoms with van der Waals surface area (Å²) in [5, 5.41) is 0. The van der Waals surface area contributed by atoms with E-state index in [1.54, 1.807) is 13.0 Å². The Balaban J connectivity index is 2.58. The Labute approximate surface area is 91.4 Å². The van der Waals surface area contributed by atoms with Crippen molar-refractivity contribution in [3.63, 3.8) is 0 Å². The molecular formula is C13H9F3. The molecule has 2 rings (SSSR count). The first kappa shape index (κ1) is 10.7. The standard InChI is InChI=1S/C13H9F3/c1-8-2-3-9(6-13(8)16)11-7-10(14)4-5-12(11)15/h2-7H,1H3. The van der Waals surface area contributed by atoms with Gasteiger partial charge in [-0.1, -0.05) is 12.1 Å². The Morgan fingerprint density at radius 2 is 1.56 bits per heavy atom. The molecule has 16 heavy (non-hydrogen) atoms. The SMILES string of the molecule is Cc1ccc(-c2cc(F)ccc2F)cc1F. The molecule has 0 saturated heterocycles. The van der Waals surface area contributed by atoms with Crippen molar-refractivity contribution in [1.82, 2.24) is 0 Å². The number of hydrogen-bond donors (Lipinski definition) is 0. The molecule has 0 spiro atoms. The number of hydrogen-bond acceptors (Lipinski definition) is 0. The van der Waals surface area contributed by atoms with Gasteiger partial charge in [0.2, 0.25) is 0 Å². The van der Waals surface area contributed by atoms with Crippen LogP contribution in [0, 0.1) is 24.4 Å². The first-order chi connectivity index (χ1) is 7.58. The topological polar surface area (TPSA) is 0 Å². The van der Waals surface area contributed by atoms with Crippen molar-refractivity contribution >= 4 is 0 Å². The Morgan fingerprint density at radius 1 is 0.812 bits per heavy atom. The third-order valence-electron chi connectivity index (χ3n) is 2.41. The summed E-state index contributed by atoms with van der Waals surface area (Å²) in [5.74, 6) is -1.54. The van der Waals surface area contributed by atoms with Crippen molar-refractivity contribution in [2.24, 2.45) is 0 Å². The monoisotopic (exact) mass is 222 g/mol. The molecule has 0 radical (unpaired) electrons. The van der Waals surface area contributed by atoms with Gasteiger partial charge in [0.25, 0.3) is 0 Å². The normalized spacial score (nSPS) is 10.5. The first-order valence-corrected chi connectivity index (χ1v) is 4.79. The van der Waals surface area contributed by atoms with E-state index in [9.17, 15) is 13.2 Å². The van der Waals surface area contributed by atoms with E-state index in [-0.39, 0.29) is 5.56 Å². The van der Waals surface area contributed by atoms with Gasteiger partial charge in [0, 0.05) is 5.56 Å². The Morgan fingerprint density at radius 3 is 2.25 bits per heavy atom. The number of benzene rings is 2. The molecule has 0 heterocycles. The van der Waals surface area contributed by atoms with Crippen molar-refractivity contribution in [3.05, 3.63) is 59.4 Å². The molecule has 0 amide bonds. The fraction of sp³-hybridized carbons (Fsp3) is 0.0769. The summed E-state index contributed by atoms with van der Waals surface area (Å²) < 4.78 is 39.6. The van der Waals surface area contributed by atoms with Crippen LogP contribution in [0.2, 0.25) is 0 Å². The maximum atomic E-state index is 13.4. The van der Waals surface area contributed by atoms with Crippen LogP contribution in [-0.2, 0) is 0 Å². The minimum Gasteiger partial charge on any atom is -0.207 e. The van der Waals surface area contributed by atoms with Gasteiger partial charge < -0.3 is 0 Å². The number of halogens is 3. The second-order valence-electron chi connectivity index (χ2n) is 3.59. The molecule has 0 bridgehead atoms. The summed E-state index contributed by atoms with van der Waals surface area (Å²) in [5.41, 5.74) is 0.875. The average molecular weight is 222 g/mol.